The summed E-state index contributed by atoms with van der Waals surface area (Å²) < 4.78 is 31.7. The van der Waals surface area contributed by atoms with Gasteiger partial charge in [-0.1, -0.05) is 19.1 Å². The number of hydrogen-bond donors (Lipinski definition) is 1. The zero-order chi connectivity index (χ0) is 16.9. The molecule has 0 fully saturated rings. The number of sulfonamides is 1. The predicted octanol–water partition coefficient (Wildman–Crippen LogP) is 2.42. The van der Waals surface area contributed by atoms with Gasteiger partial charge in [-0.05, 0) is 48.4 Å². The number of methoxy groups -OCH3 is 1. The van der Waals surface area contributed by atoms with Crippen LogP contribution in [0.25, 0.3) is 0 Å². The van der Waals surface area contributed by atoms with Gasteiger partial charge in [0.25, 0.3) is 0 Å². The lowest BCUT2D eigenvalue weighted by Gasteiger charge is -2.07. The van der Waals surface area contributed by atoms with Gasteiger partial charge in [0.15, 0.2) is 5.78 Å². The van der Waals surface area contributed by atoms with E-state index in [9.17, 15) is 13.2 Å². The van der Waals surface area contributed by atoms with Crippen molar-refractivity contribution in [2.24, 2.45) is 0 Å². The zero-order valence-corrected chi connectivity index (χ0v) is 13.9. The molecule has 0 aliphatic carbocycles. The minimum atomic E-state index is -3.70. The number of benzene rings is 2. The molecular weight excluding hydrogens is 314 g/mol. The van der Waals surface area contributed by atoms with Gasteiger partial charge in [-0.3, -0.25) is 4.79 Å². The smallest absolute Gasteiger partial charge is 0.240 e. The summed E-state index contributed by atoms with van der Waals surface area (Å²) in [6.07, 6.45) is 0.837. The van der Waals surface area contributed by atoms with E-state index < -0.39 is 10.0 Å². The van der Waals surface area contributed by atoms with Crippen LogP contribution in [0.5, 0.6) is 5.75 Å². The molecule has 0 amide bonds. The monoisotopic (exact) mass is 333 g/mol. The molecule has 2 rings (SSSR count). The van der Waals surface area contributed by atoms with Crippen molar-refractivity contribution in [3.8, 4) is 5.75 Å². The molecule has 2 aromatic carbocycles. The third kappa shape index (κ3) is 4.40. The normalized spacial score (nSPS) is 11.2. The van der Waals surface area contributed by atoms with E-state index in [0.29, 0.717) is 11.3 Å². The Hall–Kier alpha value is -2.18. The van der Waals surface area contributed by atoms with E-state index in [2.05, 4.69) is 4.72 Å². The van der Waals surface area contributed by atoms with Crippen LogP contribution in [0.2, 0.25) is 0 Å². The summed E-state index contributed by atoms with van der Waals surface area (Å²) in [5, 5.41) is 0. The number of carbonyl (C=O) groups is 1. The first kappa shape index (κ1) is 17.2. The second-order valence-electron chi connectivity index (χ2n) is 4.97. The number of aryl methyl sites for hydroxylation is 1. The summed E-state index contributed by atoms with van der Waals surface area (Å²) in [5.74, 6) is 0.333. The van der Waals surface area contributed by atoms with Crippen molar-refractivity contribution >= 4 is 15.8 Å². The van der Waals surface area contributed by atoms with Crippen molar-refractivity contribution in [1.29, 1.82) is 0 Å². The third-order valence-electron chi connectivity index (χ3n) is 3.48. The largest absolute Gasteiger partial charge is 0.497 e. The van der Waals surface area contributed by atoms with E-state index >= 15 is 0 Å². The second kappa shape index (κ2) is 7.39. The van der Waals surface area contributed by atoms with Gasteiger partial charge in [0.05, 0.1) is 18.6 Å². The molecule has 0 aliphatic rings. The molecule has 0 saturated heterocycles. The van der Waals surface area contributed by atoms with Crippen LogP contribution >= 0.6 is 0 Å². The summed E-state index contributed by atoms with van der Waals surface area (Å²) in [7, 11) is -2.16. The Morgan fingerprint density at radius 2 is 1.65 bits per heavy atom. The van der Waals surface area contributed by atoms with Gasteiger partial charge in [-0.2, -0.15) is 0 Å². The first-order valence-corrected chi connectivity index (χ1v) is 8.70. The molecule has 2 aromatic rings. The fraction of sp³-hybridized carbons (Fsp3) is 0.235. The van der Waals surface area contributed by atoms with Gasteiger partial charge in [-0.15, -0.1) is 0 Å². The molecule has 0 heterocycles. The molecule has 0 bridgehead atoms. The average molecular weight is 333 g/mol. The molecule has 1 N–H and O–H groups in total. The van der Waals surface area contributed by atoms with Crippen molar-refractivity contribution in [2.75, 3.05) is 13.7 Å². The van der Waals surface area contributed by atoms with Crippen molar-refractivity contribution in [3.63, 3.8) is 0 Å². The topological polar surface area (TPSA) is 72.5 Å². The summed E-state index contributed by atoms with van der Waals surface area (Å²) in [4.78, 5) is 12.2. The van der Waals surface area contributed by atoms with Gasteiger partial charge in [0.2, 0.25) is 10.0 Å². The minimum Gasteiger partial charge on any atom is -0.497 e. The van der Waals surface area contributed by atoms with Gasteiger partial charge in [0.1, 0.15) is 5.75 Å². The van der Waals surface area contributed by atoms with Crippen LogP contribution in [0.4, 0.5) is 0 Å². The van der Waals surface area contributed by atoms with E-state index in [1.807, 2.05) is 6.92 Å². The van der Waals surface area contributed by atoms with E-state index in [1.54, 1.807) is 48.5 Å². The molecule has 0 saturated carbocycles. The maximum absolute atomic E-state index is 12.2. The molecule has 0 spiro atoms. The van der Waals surface area contributed by atoms with Crippen LogP contribution in [-0.4, -0.2) is 27.9 Å². The number of ketones is 1. The van der Waals surface area contributed by atoms with Crippen LogP contribution in [0.15, 0.2) is 53.4 Å². The highest BCUT2D eigenvalue weighted by Crippen LogP contribution is 2.13. The molecular formula is C17H19NO4S. The number of ether oxygens (including phenoxy) is 1. The lowest BCUT2D eigenvalue weighted by molar-refractivity contribution is 0.0997. The molecule has 0 aliphatic heterocycles. The quantitative estimate of drug-likeness (QED) is 0.790. The second-order valence-corrected chi connectivity index (χ2v) is 6.74. The Balaban J connectivity index is 2.03. The maximum atomic E-state index is 12.2. The third-order valence-corrected chi connectivity index (χ3v) is 4.89. The Kier molecular flexibility index (Phi) is 5.52. The standard InChI is InChI=1S/C17H19NO4S/c1-3-13-4-10-16(11-5-13)23(20,21)18-12-17(19)14-6-8-15(22-2)9-7-14/h4-11,18H,3,12H2,1-2H3. The summed E-state index contributed by atoms with van der Waals surface area (Å²) >= 11 is 0. The van der Waals surface area contributed by atoms with Crippen LogP contribution < -0.4 is 9.46 Å². The Morgan fingerprint density at radius 1 is 1.04 bits per heavy atom. The van der Waals surface area contributed by atoms with Crippen LogP contribution in [0.3, 0.4) is 0 Å². The van der Waals surface area contributed by atoms with Crippen LogP contribution in [-0.2, 0) is 16.4 Å². The number of hydrogen-bond acceptors (Lipinski definition) is 4. The molecule has 0 aromatic heterocycles. The molecule has 23 heavy (non-hydrogen) atoms. The lowest BCUT2D eigenvalue weighted by Crippen LogP contribution is -2.29. The number of rotatable bonds is 7. The fourth-order valence-corrected chi connectivity index (χ4v) is 3.01. The number of Topliss-reactive ketones (excluding diaryl/α,β-unsaturated/α-hetero) is 1. The summed E-state index contributed by atoms with van der Waals surface area (Å²) in [5.41, 5.74) is 1.48. The Labute approximate surface area is 136 Å². The molecule has 5 nitrogen and oxygen atoms in total. The van der Waals surface area contributed by atoms with E-state index in [0.717, 1.165) is 12.0 Å². The minimum absolute atomic E-state index is 0.150. The molecule has 0 atom stereocenters. The SMILES string of the molecule is CCc1ccc(S(=O)(=O)NCC(=O)c2ccc(OC)cc2)cc1. The number of nitrogens with one attached hydrogen (secondary N) is 1. The highest BCUT2D eigenvalue weighted by atomic mass is 32.2. The molecule has 0 unspecified atom stereocenters. The van der Waals surface area contributed by atoms with Crippen LogP contribution in [0.1, 0.15) is 22.8 Å². The van der Waals surface area contributed by atoms with Gasteiger partial charge in [0, 0.05) is 5.56 Å². The van der Waals surface area contributed by atoms with Crippen molar-refractivity contribution in [1.82, 2.24) is 4.72 Å². The van der Waals surface area contributed by atoms with Crippen LogP contribution in [0, 0.1) is 0 Å². The Bertz CT molecular complexity index is 765. The maximum Gasteiger partial charge on any atom is 0.240 e. The van der Waals surface area contributed by atoms with Crippen molar-refractivity contribution in [3.05, 3.63) is 59.7 Å². The Morgan fingerprint density at radius 3 is 2.17 bits per heavy atom. The zero-order valence-electron chi connectivity index (χ0n) is 13.1. The molecule has 122 valence electrons. The van der Waals surface area contributed by atoms with E-state index in [-0.39, 0.29) is 17.2 Å². The predicted molar refractivity (Wildman–Crippen MR) is 88.3 cm³/mol. The number of carbonyl (C=O) groups excluding carboxylic acids is 1. The highest BCUT2D eigenvalue weighted by molar-refractivity contribution is 7.89. The highest BCUT2D eigenvalue weighted by Gasteiger charge is 2.16. The first-order chi connectivity index (χ1) is 11.0. The van der Waals surface area contributed by atoms with Crippen molar-refractivity contribution in [2.45, 2.75) is 18.2 Å². The summed E-state index contributed by atoms with van der Waals surface area (Å²) in [6, 6.07) is 13.1. The summed E-state index contributed by atoms with van der Waals surface area (Å²) in [6.45, 7) is 1.71. The first-order valence-electron chi connectivity index (χ1n) is 7.22. The fourth-order valence-electron chi connectivity index (χ4n) is 2.03. The van der Waals surface area contributed by atoms with E-state index in [1.165, 1.54) is 7.11 Å². The van der Waals surface area contributed by atoms with Gasteiger partial charge in [-0.25, -0.2) is 13.1 Å². The van der Waals surface area contributed by atoms with Gasteiger partial charge < -0.3 is 4.74 Å². The average Bonchev–Trinajstić information content (AvgIpc) is 2.60. The molecule has 6 heteroatoms. The van der Waals surface area contributed by atoms with E-state index in [4.69, 9.17) is 4.74 Å². The van der Waals surface area contributed by atoms with Crippen molar-refractivity contribution < 1.29 is 17.9 Å². The lowest BCUT2D eigenvalue weighted by atomic mass is 10.1. The molecule has 0 radical (unpaired) electrons. The van der Waals surface area contributed by atoms with Gasteiger partial charge >= 0.3 is 0 Å².